The molecule has 0 amide bonds. The summed E-state index contributed by atoms with van der Waals surface area (Å²) < 4.78 is 5.16. The summed E-state index contributed by atoms with van der Waals surface area (Å²) in [5.74, 6) is -0.366. The van der Waals surface area contributed by atoms with E-state index in [4.69, 9.17) is 14.9 Å². The number of carbonyl (C=O) groups is 1. The van der Waals surface area contributed by atoms with Crippen LogP contribution in [0.15, 0.2) is 109 Å². The summed E-state index contributed by atoms with van der Waals surface area (Å²) in [4.78, 5) is 14.0. The molecule has 5 rings (SSSR count). The van der Waals surface area contributed by atoms with Crippen LogP contribution in [0.2, 0.25) is 0 Å². The molecule has 0 unspecified atom stereocenters. The lowest BCUT2D eigenvalue weighted by Gasteiger charge is -2.34. The SMILES string of the molecule is CCOC(=O)c1ccc2nn(C(c3ccccc3)(c3ccccc3)c3ccccc3)nc2c1. The summed E-state index contributed by atoms with van der Waals surface area (Å²) in [6, 6.07) is 36.0. The average molecular weight is 434 g/mol. The minimum Gasteiger partial charge on any atom is -0.462 e. The van der Waals surface area contributed by atoms with E-state index in [-0.39, 0.29) is 5.97 Å². The second kappa shape index (κ2) is 8.71. The summed E-state index contributed by atoms with van der Waals surface area (Å²) in [7, 11) is 0. The van der Waals surface area contributed by atoms with Crippen molar-refractivity contribution in [3.8, 4) is 0 Å². The number of aromatic nitrogens is 3. The minimum atomic E-state index is -0.799. The Morgan fingerprint density at radius 3 is 1.70 bits per heavy atom. The lowest BCUT2D eigenvalue weighted by Crippen LogP contribution is -2.39. The number of esters is 1. The van der Waals surface area contributed by atoms with Gasteiger partial charge in [-0.1, -0.05) is 91.0 Å². The molecule has 0 aliphatic carbocycles. The van der Waals surface area contributed by atoms with Gasteiger partial charge >= 0.3 is 5.97 Å². The largest absolute Gasteiger partial charge is 0.462 e. The zero-order valence-corrected chi connectivity index (χ0v) is 18.3. The first-order valence-corrected chi connectivity index (χ1v) is 10.9. The van der Waals surface area contributed by atoms with Gasteiger partial charge in [0.1, 0.15) is 11.0 Å². The number of hydrogen-bond acceptors (Lipinski definition) is 4. The molecule has 0 fully saturated rings. The maximum absolute atomic E-state index is 12.3. The van der Waals surface area contributed by atoms with Gasteiger partial charge in [0.25, 0.3) is 0 Å². The van der Waals surface area contributed by atoms with Crippen LogP contribution in [-0.2, 0) is 10.3 Å². The molecule has 162 valence electrons. The molecule has 5 aromatic rings. The van der Waals surface area contributed by atoms with Gasteiger partial charge in [0.05, 0.1) is 12.2 Å². The molecule has 1 aromatic heterocycles. The smallest absolute Gasteiger partial charge is 0.338 e. The van der Waals surface area contributed by atoms with Crippen LogP contribution in [0.1, 0.15) is 34.0 Å². The molecule has 0 N–H and O–H groups in total. The van der Waals surface area contributed by atoms with Crippen molar-refractivity contribution in [3.05, 3.63) is 131 Å². The summed E-state index contributed by atoms with van der Waals surface area (Å²) >= 11 is 0. The molecule has 1 heterocycles. The van der Waals surface area contributed by atoms with Crippen LogP contribution >= 0.6 is 0 Å². The van der Waals surface area contributed by atoms with Gasteiger partial charge in [-0.3, -0.25) is 0 Å². The molecule has 0 bridgehead atoms. The van der Waals surface area contributed by atoms with Crippen LogP contribution in [0.25, 0.3) is 11.0 Å². The van der Waals surface area contributed by atoms with Gasteiger partial charge in [-0.2, -0.15) is 15.0 Å². The third-order valence-electron chi connectivity index (χ3n) is 5.77. The van der Waals surface area contributed by atoms with Crippen LogP contribution in [-0.4, -0.2) is 27.6 Å². The van der Waals surface area contributed by atoms with Crippen LogP contribution in [0.4, 0.5) is 0 Å². The Morgan fingerprint density at radius 1 is 0.727 bits per heavy atom. The van der Waals surface area contributed by atoms with Gasteiger partial charge in [-0.15, -0.1) is 0 Å². The predicted molar refractivity (Wildman–Crippen MR) is 128 cm³/mol. The normalized spacial score (nSPS) is 11.4. The Morgan fingerprint density at radius 2 is 1.21 bits per heavy atom. The van der Waals surface area contributed by atoms with E-state index < -0.39 is 5.54 Å². The standard InChI is InChI=1S/C28H23N3O2/c1-2-33-27(32)21-18-19-25-26(20-21)30-31(29-25)28(22-12-6-3-7-13-22,23-14-8-4-9-15-23)24-16-10-5-11-17-24/h3-20H,2H2,1H3. The van der Waals surface area contributed by atoms with Gasteiger partial charge < -0.3 is 4.74 Å². The number of ether oxygens (including phenoxy) is 1. The number of nitrogens with zero attached hydrogens (tertiary/aromatic N) is 3. The van der Waals surface area contributed by atoms with Crippen molar-refractivity contribution in [2.75, 3.05) is 6.61 Å². The highest BCUT2D eigenvalue weighted by atomic mass is 16.5. The Kier molecular flexibility index (Phi) is 5.45. The third-order valence-corrected chi connectivity index (χ3v) is 5.77. The second-order valence-electron chi connectivity index (χ2n) is 7.72. The molecule has 4 aromatic carbocycles. The summed E-state index contributed by atoms with van der Waals surface area (Å²) in [5, 5.41) is 9.83. The molecule has 0 atom stereocenters. The van der Waals surface area contributed by atoms with Crippen molar-refractivity contribution in [3.63, 3.8) is 0 Å². The van der Waals surface area contributed by atoms with E-state index in [1.165, 1.54) is 0 Å². The van der Waals surface area contributed by atoms with Gasteiger partial charge in [0, 0.05) is 0 Å². The third kappa shape index (κ3) is 3.57. The van der Waals surface area contributed by atoms with Crippen molar-refractivity contribution < 1.29 is 9.53 Å². The molecule has 0 aliphatic rings. The lowest BCUT2D eigenvalue weighted by molar-refractivity contribution is 0.0526. The molecule has 5 nitrogen and oxygen atoms in total. The number of rotatable bonds is 6. The van der Waals surface area contributed by atoms with Gasteiger partial charge in [0.2, 0.25) is 0 Å². The van der Waals surface area contributed by atoms with E-state index in [1.54, 1.807) is 23.9 Å². The van der Waals surface area contributed by atoms with E-state index in [0.29, 0.717) is 23.2 Å². The predicted octanol–water partition coefficient (Wildman–Crippen LogP) is 5.45. The molecule has 0 spiro atoms. The van der Waals surface area contributed by atoms with Crippen LogP contribution in [0, 0.1) is 0 Å². The van der Waals surface area contributed by atoms with E-state index in [2.05, 4.69) is 36.4 Å². The van der Waals surface area contributed by atoms with Crippen molar-refractivity contribution in [2.24, 2.45) is 0 Å². The summed E-state index contributed by atoms with van der Waals surface area (Å²) in [6.45, 7) is 2.11. The van der Waals surface area contributed by atoms with E-state index in [1.807, 2.05) is 60.7 Å². The second-order valence-corrected chi connectivity index (χ2v) is 7.72. The molecule has 5 heteroatoms. The molecule has 0 saturated carbocycles. The maximum atomic E-state index is 12.3. The van der Waals surface area contributed by atoms with Crippen molar-refractivity contribution >= 4 is 17.0 Å². The number of hydrogen-bond donors (Lipinski definition) is 0. The maximum Gasteiger partial charge on any atom is 0.338 e. The Balaban J connectivity index is 1.81. The number of fused-ring (bicyclic) bond motifs is 1. The molecular formula is C28H23N3O2. The fourth-order valence-electron chi connectivity index (χ4n) is 4.29. The Bertz CT molecular complexity index is 1280. The Labute approximate surface area is 192 Å². The zero-order valence-electron chi connectivity index (χ0n) is 18.3. The van der Waals surface area contributed by atoms with Gasteiger partial charge in [-0.05, 0) is 41.8 Å². The van der Waals surface area contributed by atoms with E-state index in [9.17, 15) is 4.79 Å². The molecule has 0 radical (unpaired) electrons. The minimum absolute atomic E-state index is 0.322. The Hall–Kier alpha value is -4.25. The van der Waals surface area contributed by atoms with E-state index >= 15 is 0 Å². The first kappa shape index (κ1) is 20.6. The highest BCUT2D eigenvalue weighted by Crippen LogP contribution is 2.40. The summed E-state index contributed by atoms with van der Waals surface area (Å²) in [6.07, 6.45) is 0. The van der Waals surface area contributed by atoms with Crippen LogP contribution in [0.3, 0.4) is 0 Å². The van der Waals surface area contributed by atoms with Crippen molar-refractivity contribution in [1.29, 1.82) is 0 Å². The average Bonchev–Trinajstić information content (AvgIpc) is 3.30. The number of carbonyl (C=O) groups excluding carboxylic acids is 1. The molecule has 0 saturated heterocycles. The van der Waals surface area contributed by atoms with Crippen molar-refractivity contribution in [2.45, 2.75) is 12.5 Å². The zero-order chi connectivity index (χ0) is 22.7. The lowest BCUT2D eigenvalue weighted by atomic mass is 9.77. The highest BCUT2D eigenvalue weighted by molar-refractivity contribution is 5.93. The monoisotopic (exact) mass is 433 g/mol. The van der Waals surface area contributed by atoms with Crippen LogP contribution < -0.4 is 0 Å². The van der Waals surface area contributed by atoms with Crippen molar-refractivity contribution in [1.82, 2.24) is 15.0 Å². The molecule has 0 aliphatic heterocycles. The molecule has 33 heavy (non-hydrogen) atoms. The van der Waals surface area contributed by atoms with Gasteiger partial charge in [-0.25, -0.2) is 4.79 Å². The number of benzene rings is 4. The quantitative estimate of drug-likeness (QED) is 0.264. The van der Waals surface area contributed by atoms with E-state index in [0.717, 1.165) is 16.7 Å². The summed E-state index contributed by atoms with van der Waals surface area (Å²) in [5.41, 5.74) is 4.10. The first-order chi connectivity index (χ1) is 16.2. The van der Waals surface area contributed by atoms with Gasteiger partial charge in [0.15, 0.2) is 5.54 Å². The highest BCUT2D eigenvalue weighted by Gasteiger charge is 2.40. The van der Waals surface area contributed by atoms with Crippen LogP contribution in [0.5, 0.6) is 0 Å². The molecular weight excluding hydrogens is 410 g/mol. The topological polar surface area (TPSA) is 57.0 Å². The first-order valence-electron chi connectivity index (χ1n) is 10.9. The fraction of sp³-hybridized carbons (Fsp3) is 0.107. The fourth-order valence-corrected chi connectivity index (χ4v) is 4.29.